The molecular formula is C18H23N3O5. The molecule has 8 heteroatoms. The predicted octanol–water partition coefficient (Wildman–Crippen LogP) is -0.0479. The van der Waals surface area contributed by atoms with Gasteiger partial charge in [-0.25, -0.2) is 4.79 Å². The topological polar surface area (TPSA) is 105 Å². The Morgan fingerprint density at radius 2 is 1.85 bits per heavy atom. The second kappa shape index (κ2) is 10.7. The van der Waals surface area contributed by atoms with E-state index in [1.165, 1.54) is 27.1 Å². The lowest BCUT2D eigenvalue weighted by molar-refractivity contribution is -0.153. The Labute approximate surface area is 152 Å². The minimum Gasteiger partial charge on any atom is -0.454 e. The second-order valence-corrected chi connectivity index (χ2v) is 5.50. The van der Waals surface area contributed by atoms with Gasteiger partial charge in [-0.3, -0.25) is 14.4 Å². The number of rotatable bonds is 8. The molecule has 0 heterocycles. The lowest BCUT2D eigenvalue weighted by atomic mass is 10.2. The number of hydrogen-bond acceptors (Lipinski definition) is 5. The molecule has 3 amide bonds. The van der Waals surface area contributed by atoms with E-state index < -0.39 is 30.4 Å². The molecule has 1 aromatic rings. The average Bonchev–Trinajstić information content (AvgIpc) is 2.64. The van der Waals surface area contributed by atoms with Gasteiger partial charge >= 0.3 is 5.97 Å². The Morgan fingerprint density at radius 3 is 2.46 bits per heavy atom. The van der Waals surface area contributed by atoms with Gasteiger partial charge in [0.2, 0.25) is 11.8 Å². The van der Waals surface area contributed by atoms with Crippen LogP contribution in [0.25, 0.3) is 6.08 Å². The van der Waals surface area contributed by atoms with Crippen molar-refractivity contribution in [3.63, 3.8) is 0 Å². The molecule has 0 saturated heterocycles. The molecule has 0 fully saturated rings. The van der Waals surface area contributed by atoms with Crippen molar-refractivity contribution in [2.24, 2.45) is 0 Å². The maximum atomic E-state index is 11.8. The van der Waals surface area contributed by atoms with Crippen LogP contribution in [0.1, 0.15) is 12.5 Å². The van der Waals surface area contributed by atoms with Crippen molar-refractivity contribution in [3.05, 3.63) is 42.0 Å². The number of carbonyl (C=O) groups excluding carboxylic acids is 4. The Bertz CT molecular complexity index is 673. The molecular weight excluding hydrogens is 338 g/mol. The fourth-order valence-corrected chi connectivity index (χ4v) is 1.81. The summed E-state index contributed by atoms with van der Waals surface area (Å²) in [4.78, 5) is 47.8. The molecule has 0 unspecified atom stereocenters. The third kappa shape index (κ3) is 7.61. The number of nitrogens with zero attached hydrogens (tertiary/aromatic N) is 1. The van der Waals surface area contributed by atoms with Crippen LogP contribution in [0.3, 0.4) is 0 Å². The molecule has 1 rings (SSSR count). The Kier molecular flexibility index (Phi) is 8.56. The van der Waals surface area contributed by atoms with Crippen LogP contribution in [-0.2, 0) is 23.9 Å². The summed E-state index contributed by atoms with van der Waals surface area (Å²) in [7, 11) is 2.88. The van der Waals surface area contributed by atoms with Crippen LogP contribution in [0.2, 0.25) is 0 Å². The first-order chi connectivity index (χ1) is 12.3. The molecule has 0 aliphatic rings. The number of hydrogen-bond donors (Lipinski definition) is 2. The molecule has 140 valence electrons. The fourth-order valence-electron chi connectivity index (χ4n) is 1.81. The maximum absolute atomic E-state index is 11.8. The van der Waals surface area contributed by atoms with E-state index >= 15 is 0 Å². The Hall–Kier alpha value is -3.16. The molecule has 0 aliphatic carbocycles. The number of benzene rings is 1. The number of amides is 3. The van der Waals surface area contributed by atoms with Crippen LogP contribution >= 0.6 is 0 Å². The minimum absolute atomic E-state index is 0.135. The van der Waals surface area contributed by atoms with Gasteiger partial charge in [0, 0.05) is 20.2 Å². The quantitative estimate of drug-likeness (QED) is 0.499. The van der Waals surface area contributed by atoms with Crippen LogP contribution < -0.4 is 10.6 Å². The minimum atomic E-state index is -0.917. The summed E-state index contributed by atoms with van der Waals surface area (Å²) >= 11 is 0. The van der Waals surface area contributed by atoms with Crippen molar-refractivity contribution in [1.82, 2.24) is 15.5 Å². The summed E-state index contributed by atoms with van der Waals surface area (Å²) in [5.41, 5.74) is 0.850. The SMILES string of the molecule is CNC(=O)CN(C)C(=O)COC(=O)[C@H](C)NC(=O)/C=C/c1ccccc1. The maximum Gasteiger partial charge on any atom is 0.328 e. The van der Waals surface area contributed by atoms with Gasteiger partial charge in [0.05, 0.1) is 6.54 Å². The van der Waals surface area contributed by atoms with E-state index in [2.05, 4.69) is 10.6 Å². The Balaban J connectivity index is 2.40. The third-order valence-electron chi connectivity index (χ3n) is 3.36. The van der Waals surface area contributed by atoms with Crippen molar-refractivity contribution in [2.45, 2.75) is 13.0 Å². The highest BCUT2D eigenvalue weighted by Gasteiger charge is 2.19. The fraction of sp³-hybridized carbons (Fsp3) is 0.333. The third-order valence-corrected chi connectivity index (χ3v) is 3.36. The van der Waals surface area contributed by atoms with Gasteiger partial charge in [0.1, 0.15) is 6.04 Å². The van der Waals surface area contributed by atoms with Crippen molar-refractivity contribution >= 4 is 29.8 Å². The lowest BCUT2D eigenvalue weighted by Gasteiger charge is -2.17. The number of likely N-dealkylation sites (N-methyl/N-ethyl adjacent to an activating group) is 2. The molecule has 1 atom stereocenters. The van der Waals surface area contributed by atoms with Crippen molar-refractivity contribution in [1.29, 1.82) is 0 Å². The van der Waals surface area contributed by atoms with Crippen molar-refractivity contribution < 1.29 is 23.9 Å². The monoisotopic (exact) mass is 361 g/mol. The van der Waals surface area contributed by atoms with Crippen LogP contribution in [0.5, 0.6) is 0 Å². The highest BCUT2D eigenvalue weighted by molar-refractivity contribution is 5.94. The normalized spacial score (nSPS) is 11.5. The summed E-state index contributed by atoms with van der Waals surface area (Å²) in [6.07, 6.45) is 2.92. The van der Waals surface area contributed by atoms with E-state index in [-0.39, 0.29) is 12.5 Å². The molecule has 0 radical (unpaired) electrons. The van der Waals surface area contributed by atoms with E-state index in [1.54, 1.807) is 6.08 Å². The molecule has 8 nitrogen and oxygen atoms in total. The van der Waals surface area contributed by atoms with Crippen LogP contribution in [0.4, 0.5) is 0 Å². The lowest BCUT2D eigenvalue weighted by Crippen LogP contribution is -2.42. The highest BCUT2D eigenvalue weighted by Crippen LogP contribution is 2.00. The van der Waals surface area contributed by atoms with Crippen LogP contribution in [0, 0.1) is 0 Å². The molecule has 0 bridgehead atoms. The zero-order valence-electron chi connectivity index (χ0n) is 15.0. The molecule has 1 aromatic carbocycles. The second-order valence-electron chi connectivity index (χ2n) is 5.50. The van der Waals surface area contributed by atoms with E-state index in [0.29, 0.717) is 0 Å². The molecule has 0 saturated carbocycles. The number of carbonyl (C=O) groups is 4. The first-order valence-corrected chi connectivity index (χ1v) is 7.98. The van der Waals surface area contributed by atoms with Gasteiger partial charge in [0.15, 0.2) is 6.61 Å². The van der Waals surface area contributed by atoms with Gasteiger partial charge < -0.3 is 20.3 Å². The van der Waals surface area contributed by atoms with E-state index in [0.717, 1.165) is 10.5 Å². The summed E-state index contributed by atoms with van der Waals surface area (Å²) in [5.74, 6) is -2.06. The summed E-state index contributed by atoms with van der Waals surface area (Å²) in [6, 6.07) is 8.30. The molecule has 2 N–H and O–H groups in total. The van der Waals surface area contributed by atoms with Gasteiger partial charge in [-0.15, -0.1) is 0 Å². The number of esters is 1. The number of nitrogens with one attached hydrogen (secondary N) is 2. The van der Waals surface area contributed by atoms with Crippen LogP contribution in [-0.4, -0.2) is 61.9 Å². The first kappa shape index (κ1) is 20.9. The summed E-state index contributed by atoms with van der Waals surface area (Å²) < 4.78 is 4.86. The summed E-state index contributed by atoms with van der Waals surface area (Å²) in [5, 5.41) is 4.84. The molecule has 26 heavy (non-hydrogen) atoms. The van der Waals surface area contributed by atoms with Crippen molar-refractivity contribution in [3.8, 4) is 0 Å². The zero-order valence-corrected chi connectivity index (χ0v) is 15.0. The first-order valence-electron chi connectivity index (χ1n) is 7.98. The van der Waals surface area contributed by atoms with Gasteiger partial charge in [-0.05, 0) is 18.6 Å². The van der Waals surface area contributed by atoms with E-state index in [1.807, 2.05) is 30.3 Å². The zero-order chi connectivity index (χ0) is 19.5. The van der Waals surface area contributed by atoms with Crippen LogP contribution in [0.15, 0.2) is 36.4 Å². The van der Waals surface area contributed by atoms with Crippen molar-refractivity contribution in [2.75, 3.05) is 27.2 Å². The van der Waals surface area contributed by atoms with Gasteiger partial charge in [-0.1, -0.05) is 30.3 Å². The Morgan fingerprint density at radius 1 is 1.19 bits per heavy atom. The molecule has 0 spiro atoms. The largest absolute Gasteiger partial charge is 0.454 e. The van der Waals surface area contributed by atoms with E-state index in [9.17, 15) is 19.2 Å². The predicted molar refractivity (Wildman–Crippen MR) is 95.7 cm³/mol. The standard InChI is InChI=1S/C18H23N3O5/c1-13(20-15(22)10-9-14-7-5-4-6-8-14)18(25)26-12-17(24)21(3)11-16(23)19-2/h4-10,13H,11-12H2,1-3H3,(H,19,23)(H,20,22)/b10-9+/t13-/m0/s1. The van der Waals surface area contributed by atoms with E-state index in [4.69, 9.17) is 4.74 Å². The number of ether oxygens (including phenoxy) is 1. The highest BCUT2D eigenvalue weighted by atomic mass is 16.5. The summed E-state index contributed by atoms with van der Waals surface area (Å²) in [6.45, 7) is 0.811. The van der Waals surface area contributed by atoms with Gasteiger partial charge in [0.25, 0.3) is 5.91 Å². The molecule has 0 aromatic heterocycles. The smallest absolute Gasteiger partial charge is 0.328 e. The van der Waals surface area contributed by atoms with Gasteiger partial charge in [-0.2, -0.15) is 0 Å². The molecule has 0 aliphatic heterocycles. The average molecular weight is 361 g/mol.